The van der Waals surface area contributed by atoms with Crippen molar-refractivity contribution < 1.29 is 9.90 Å². The molecule has 46 valence electrons. The first kappa shape index (κ1) is 7.56. The summed E-state index contributed by atoms with van der Waals surface area (Å²) in [6.45, 7) is 1.86. The van der Waals surface area contributed by atoms with Crippen LogP contribution in [0.15, 0.2) is 11.5 Å². The summed E-state index contributed by atoms with van der Waals surface area (Å²) in [7, 11) is 0. The zero-order valence-electron chi connectivity index (χ0n) is 4.63. The van der Waals surface area contributed by atoms with Crippen LogP contribution in [0.5, 0.6) is 0 Å². The number of allylic oxidation sites excluding steroid dienone is 1. The summed E-state index contributed by atoms with van der Waals surface area (Å²) in [5.41, 5.74) is 0. The van der Waals surface area contributed by atoms with Crippen LogP contribution >= 0.6 is 11.8 Å². The zero-order chi connectivity index (χ0) is 6.41. The molecule has 0 aromatic carbocycles. The van der Waals surface area contributed by atoms with Crippen LogP contribution in [0.25, 0.3) is 0 Å². The maximum Gasteiger partial charge on any atom is 0.313 e. The van der Waals surface area contributed by atoms with Crippen molar-refractivity contribution >= 4 is 17.7 Å². The van der Waals surface area contributed by atoms with Gasteiger partial charge in [-0.05, 0) is 12.3 Å². The normalized spacial score (nSPS) is 10.1. The number of hydrogen-bond acceptors (Lipinski definition) is 2. The molecule has 0 heterocycles. The molecule has 0 rings (SSSR count). The second-order valence-electron chi connectivity index (χ2n) is 1.17. The molecular weight excluding hydrogens is 124 g/mol. The lowest BCUT2D eigenvalue weighted by Crippen LogP contribution is -1.95. The van der Waals surface area contributed by atoms with Gasteiger partial charge in [-0.15, -0.1) is 11.8 Å². The molecule has 3 heteroatoms. The fraction of sp³-hybridized carbons (Fsp3) is 0.400. The van der Waals surface area contributed by atoms with E-state index in [1.165, 1.54) is 11.8 Å². The van der Waals surface area contributed by atoms with E-state index in [0.717, 1.165) is 0 Å². The molecule has 0 fully saturated rings. The molecule has 0 radical (unpaired) electrons. The SMILES string of the molecule is C/C=C\SCC(=O)O. The Kier molecular flexibility index (Phi) is 4.45. The van der Waals surface area contributed by atoms with Gasteiger partial charge in [0.2, 0.25) is 0 Å². The van der Waals surface area contributed by atoms with Crippen molar-refractivity contribution in [2.24, 2.45) is 0 Å². The molecule has 0 spiro atoms. The molecule has 2 nitrogen and oxygen atoms in total. The van der Waals surface area contributed by atoms with E-state index in [-0.39, 0.29) is 5.75 Å². The van der Waals surface area contributed by atoms with Gasteiger partial charge in [0.15, 0.2) is 0 Å². The van der Waals surface area contributed by atoms with Crippen molar-refractivity contribution in [3.8, 4) is 0 Å². The minimum Gasteiger partial charge on any atom is -0.481 e. The van der Waals surface area contributed by atoms with Crippen molar-refractivity contribution in [1.82, 2.24) is 0 Å². The summed E-state index contributed by atoms with van der Waals surface area (Å²) in [5.74, 6) is -0.613. The number of carboxylic acid groups (broad SMARTS) is 1. The van der Waals surface area contributed by atoms with Gasteiger partial charge in [0.05, 0.1) is 5.75 Å². The van der Waals surface area contributed by atoms with E-state index >= 15 is 0 Å². The van der Waals surface area contributed by atoms with Gasteiger partial charge in [-0.3, -0.25) is 4.79 Å². The average molecular weight is 132 g/mol. The molecule has 0 bridgehead atoms. The number of rotatable bonds is 3. The molecule has 0 aliphatic heterocycles. The van der Waals surface area contributed by atoms with E-state index in [1.807, 2.05) is 13.0 Å². The summed E-state index contributed by atoms with van der Waals surface area (Å²) < 4.78 is 0. The van der Waals surface area contributed by atoms with Crippen molar-refractivity contribution in [2.75, 3.05) is 5.75 Å². The fourth-order valence-corrected chi connectivity index (χ4v) is 0.647. The van der Waals surface area contributed by atoms with Gasteiger partial charge in [0, 0.05) is 0 Å². The van der Waals surface area contributed by atoms with Gasteiger partial charge in [0.25, 0.3) is 0 Å². The van der Waals surface area contributed by atoms with Gasteiger partial charge in [-0.2, -0.15) is 0 Å². The predicted octanol–water partition coefficient (Wildman–Crippen LogP) is 1.34. The highest BCUT2D eigenvalue weighted by Crippen LogP contribution is 1.99. The standard InChI is InChI=1S/C5H8O2S/c1-2-3-8-4-5(6)7/h2-3H,4H2,1H3,(H,6,7)/b3-2-. The Hall–Kier alpha value is -0.440. The quantitative estimate of drug-likeness (QED) is 0.629. The summed E-state index contributed by atoms with van der Waals surface area (Å²) in [4.78, 5) is 9.82. The Morgan fingerprint density at radius 2 is 2.50 bits per heavy atom. The zero-order valence-corrected chi connectivity index (χ0v) is 5.44. The fourth-order valence-electron chi connectivity index (χ4n) is 0.216. The molecule has 8 heavy (non-hydrogen) atoms. The molecule has 0 amide bonds. The maximum absolute atomic E-state index is 9.82. The van der Waals surface area contributed by atoms with E-state index in [0.29, 0.717) is 0 Å². The third-order valence-corrected chi connectivity index (χ3v) is 1.32. The monoisotopic (exact) mass is 132 g/mol. The topological polar surface area (TPSA) is 37.3 Å². The molecule has 0 saturated carbocycles. The average Bonchev–Trinajstić information content (AvgIpc) is 1.66. The van der Waals surface area contributed by atoms with Crippen molar-refractivity contribution in [1.29, 1.82) is 0 Å². The minimum absolute atomic E-state index is 0.157. The minimum atomic E-state index is -0.770. The van der Waals surface area contributed by atoms with E-state index < -0.39 is 5.97 Å². The highest BCUT2D eigenvalue weighted by molar-refractivity contribution is 8.02. The Labute approximate surface area is 52.6 Å². The maximum atomic E-state index is 9.82. The Balaban J connectivity index is 3.05. The molecule has 0 aliphatic carbocycles. The van der Waals surface area contributed by atoms with Gasteiger partial charge >= 0.3 is 5.97 Å². The van der Waals surface area contributed by atoms with Crippen LogP contribution in [0.3, 0.4) is 0 Å². The van der Waals surface area contributed by atoms with E-state index in [2.05, 4.69) is 0 Å². The lowest BCUT2D eigenvalue weighted by atomic mass is 10.8. The second-order valence-corrected chi connectivity index (χ2v) is 2.07. The smallest absolute Gasteiger partial charge is 0.313 e. The first-order valence-electron chi connectivity index (χ1n) is 2.22. The molecule has 0 saturated heterocycles. The van der Waals surface area contributed by atoms with Crippen molar-refractivity contribution in [2.45, 2.75) is 6.92 Å². The van der Waals surface area contributed by atoms with Crippen molar-refractivity contribution in [3.05, 3.63) is 11.5 Å². The number of aliphatic carboxylic acids is 1. The van der Waals surface area contributed by atoms with Crippen LogP contribution in [0.4, 0.5) is 0 Å². The van der Waals surface area contributed by atoms with Crippen LogP contribution in [0.1, 0.15) is 6.92 Å². The van der Waals surface area contributed by atoms with E-state index in [1.54, 1.807) is 5.41 Å². The third-order valence-electron chi connectivity index (χ3n) is 0.439. The summed E-state index contributed by atoms with van der Waals surface area (Å²) in [6, 6.07) is 0. The van der Waals surface area contributed by atoms with Crippen LogP contribution < -0.4 is 0 Å². The lowest BCUT2D eigenvalue weighted by Gasteiger charge is -1.83. The van der Waals surface area contributed by atoms with Crippen LogP contribution in [-0.2, 0) is 4.79 Å². The highest BCUT2D eigenvalue weighted by Gasteiger charge is 1.90. The van der Waals surface area contributed by atoms with E-state index in [4.69, 9.17) is 5.11 Å². The first-order chi connectivity index (χ1) is 3.77. The van der Waals surface area contributed by atoms with Gasteiger partial charge < -0.3 is 5.11 Å². The van der Waals surface area contributed by atoms with Crippen molar-refractivity contribution in [3.63, 3.8) is 0 Å². The number of carboxylic acids is 1. The Bertz CT molecular complexity index is 98.6. The molecule has 0 aliphatic rings. The molecule has 0 atom stereocenters. The predicted molar refractivity (Wildman–Crippen MR) is 34.9 cm³/mol. The van der Waals surface area contributed by atoms with Crippen LogP contribution in [-0.4, -0.2) is 16.8 Å². The largest absolute Gasteiger partial charge is 0.481 e. The highest BCUT2D eigenvalue weighted by atomic mass is 32.2. The van der Waals surface area contributed by atoms with Crippen LogP contribution in [0, 0.1) is 0 Å². The summed E-state index contributed by atoms with van der Waals surface area (Å²) in [6.07, 6.45) is 1.81. The second kappa shape index (κ2) is 4.71. The van der Waals surface area contributed by atoms with Gasteiger partial charge in [0.1, 0.15) is 0 Å². The Morgan fingerprint density at radius 3 is 2.88 bits per heavy atom. The molecular formula is C5H8O2S. The number of hydrogen-bond donors (Lipinski definition) is 1. The van der Waals surface area contributed by atoms with E-state index in [9.17, 15) is 4.79 Å². The van der Waals surface area contributed by atoms with Crippen LogP contribution in [0.2, 0.25) is 0 Å². The summed E-state index contributed by atoms with van der Waals surface area (Å²) in [5, 5.41) is 9.84. The lowest BCUT2D eigenvalue weighted by molar-refractivity contribution is -0.133. The first-order valence-corrected chi connectivity index (χ1v) is 3.27. The molecule has 0 aromatic heterocycles. The molecule has 1 N–H and O–H groups in total. The summed E-state index contributed by atoms with van der Waals surface area (Å²) >= 11 is 1.28. The number of thioether (sulfide) groups is 1. The molecule has 0 unspecified atom stereocenters. The third kappa shape index (κ3) is 5.56. The number of carbonyl (C=O) groups is 1. The van der Waals surface area contributed by atoms with Gasteiger partial charge in [-0.1, -0.05) is 6.08 Å². The van der Waals surface area contributed by atoms with Gasteiger partial charge in [-0.25, -0.2) is 0 Å². The molecule has 0 aromatic rings. The Morgan fingerprint density at radius 1 is 1.88 bits per heavy atom.